The van der Waals surface area contributed by atoms with Crippen molar-refractivity contribution in [1.29, 1.82) is 0 Å². The number of nitrogens with zero attached hydrogens (tertiary/aromatic N) is 1. The minimum atomic E-state index is 0.416. The predicted molar refractivity (Wildman–Crippen MR) is 80.3 cm³/mol. The largest absolute Gasteiger partial charge is 0.467 e. The first kappa shape index (κ1) is 13.6. The molecule has 0 unspecified atom stereocenters. The number of furan rings is 1. The number of rotatable bonds is 4. The van der Waals surface area contributed by atoms with E-state index >= 15 is 0 Å². The minimum Gasteiger partial charge on any atom is -0.467 e. The van der Waals surface area contributed by atoms with E-state index in [2.05, 4.69) is 15.8 Å². The highest BCUT2D eigenvalue weighted by molar-refractivity contribution is 7.80. The molecule has 0 aliphatic heterocycles. The van der Waals surface area contributed by atoms with Gasteiger partial charge in [0.05, 0.1) is 19.0 Å². The molecule has 0 aliphatic rings. The lowest BCUT2D eigenvalue weighted by Gasteiger charge is -2.04. The maximum Gasteiger partial charge on any atom is 0.187 e. The van der Waals surface area contributed by atoms with E-state index in [-0.39, 0.29) is 0 Å². The highest BCUT2D eigenvalue weighted by Crippen LogP contribution is 2.11. The predicted octanol–water partition coefficient (Wildman–Crippen LogP) is 2.93. The van der Waals surface area contributed by atoms with Crippen molar-refractivity contribution in [2.24, 2.45) is 5.10 Å². The van der Waals surface area contributed by atoms with Crippen LogP contribution >= 0.6 is 23.8 Å². The van der Waals surface area contributed by atoms with Crippen LogP contribution in [0, 0.1) is 0 Å². The summed E-state index contributed by atoms with van der Waals surface area (Å²) in [5.41, 5.74) is 3.53. The second-order valence-corrected chi connectivity index (χ2v) is 4.47. The van der Waals surface area contributed by atoms with Crippen molar-refractivity contribution in [3.8, 4) is 0 Å². The third-order valence-electron chi connectivity index (χ3n) is 2.28. The third-order valence-corrected chi connectivity index (χ3v) is 2.86. The number of benzene rings is 1. The highest BCUT2D eigenvalue weighted by Gasteiger charge is 1.97. The van der Waals surface area contributed by atoms with Crippen LogP contribution < -0.4 is 10.7 Å². The zero-order chi connectivity index (χ0) is 13.5. The Balaban J connectivity index is 1.79. The van der Waals surface area contributed by atoms with Crippen LogP contribution in [0.1, 0.15) is 11.3 Å². The van der Waals surface area contributed by atoms with Gasteiger partial charge in [0.1, 0.15) is 5.76 Å². The molecule has 19 heavy (non-hydrogen) atoms. The fourth-order valence-corrected chi connectivity index (χ4v) is 1.67. The smallest absolute Gasteiger partial charge is 0.187 e. The Morgan fingerprint density at radius 1 is 1.32 bits per heavy atom. The van der Waals surface area contributed by atoms with Crippen LogP contribution in [0.5, 0.6) is 0 Å². The molecule has 1 heterocycles. The Kier molecular flexibility index (Phi) is 4.94. The summed E-state index contributed by atoms with van der Waals surface area (Å²) >= 11 is 11.1. The molecule has 2 aromatic rings. The van der Waals surface area contributed by atoms with Gasteiger partial charge in [-0.2, -0.15) is 5.10 Å². The fraction of sp³-hybridized carbons (Fsp3) is 0.0769. The molecule has 0 aliphatic carbocycles. The number of thiocarbonyl (C=S) groups is 1. The molecule has 1 aromatic carbocycles. The molecule has 6 heteroatoms. The molecule has 98 valence electrons. The Labute approximate surface area is 121 Å². The van der Waals surface area contributed by atoms with Gasteiger partial charge in [-0.3, -0.25) is 5.43 Å². The van der Waals surface area contributed by atoms with Crippen LogP contribution in [0.3, 0.4) is 0 Å². The lowest BCUT2D eigenvalue weighted by molar-refractivity contribution is 0.502. The molecule has 2 rings (SSSR count). The molecule has 0 atom stereocenters. The van der Waals surface area contributed by atoms with Crippen LogP contribution in [0.4, 0.5) is 0 Å². The number of halogens is 1. The molecule has 4 nitrogen and oxygen atoms in total. The summed E-state index contributed by atoms with van der Waals surface area (Å²) in [5.74, 6) is 0.805. The first-order valence-corrected chi connectivity index (χ1v) is 6.38. The van der Waals surface area contributed by atoms with E-state index in [4.69, 9.17) is 28.2 Å². The van der Waals surface area contributed by atoms with Crippen LogP contribution in [0.25, 0.3) is 0 Å². The summed E-state index contributed by atoms with van der Waals surface area (Å²) in [5, 5.41) is 8.03. The molecular formula is C13H12ClN3OS. The van der Waals surface area contributed by atoms with Crippen molar-refractivity contribution < 1.29 is 4.42 Å². The molecule has 0 spiro atoms. The van der Waals surface area contributed by atoms with Crippen molar-refractivity contribution in [2.75, 3.05) is 0 Å². The zero-order valence-electron chi connectivity index (χ0n) is 9.97. The normalized spacial score (nSPS) is 10.6. The number of hydrogen-bond acceptors (Lipinski definition) is 3. The molecule has 0 fully saturated rings. The van der Waals surface area contributed by atoms with Crippen molar-refractivity contribution in [2.45, 2.75) is 6.54 Å². The summed E-state index contributed by atoms with van der Waals surface area (Å²) in [4.78, 5) is 0. The van der Waals surface area contributed by atoms with Gasteiger partial charge < -0.3 is 9.73 Å². The van der Waals surface area contributed by atoms with E-state index in [0.717, 1.165) is 11.3 Å². The van der Waals surface area contributed by atoms with Crippen LogP contribution in [-0.4, -0.2) is 11.3 Å². The third kappa shape index (κ3) is 4.39. The average Bonchev–Trinajstić information content (AvgIpc) is 2.92. The van der Waals surface area contributed by atoms with E-state index in [1.807, 2.05) is 30.3 Å². The Bertz CT molecular complexity index is 569. The standard InChI is InChI=1S/C13H12ClN3OS/c14-12-6-2-1-4-10(12)8-16-17-13(19)15-9-11-5-3-7-18-11/h1-8H,9H2,(H2,15,17,19). The highest BCUT2D eigenvalue weighted by atomic mass is 35.5. The van der Waals surface area contributed by atoms with E-state index < -0.39 is 0 Å². The summed E-state index contributed by atoms with van der Waals surface area (Å²) in [6, 6.07) is 11.1. The van der Waals surface area contributed by atoms with E-state index in [1.165, 1.54) is 0 Å². The lowest BCUT2D eigenvalue weighted by atomic mass is 10.2. The van der Waals surface area contributed by atoms with Crippen molar-refractivity contribution in [1.82, 2.24) is 10.7 Å². The molecule has 0 amide bonds. The maximum absolute atomic E-state index is 5.99. The van der Waals surface area contributed by atoms with Crippen LogP contribution in [0.2, 0.25) is 5.02 Å². The summed E-state index contributed by atoms with van der Waals surface area (Å²) < 4.78 is 5.17. The number of nitrogens with one attached hydrogen (secondary N) is 2. The van der Waals surface area contributed by atoms with Gasteiger partial charge in [0, 0.05) is 10.6 Å². The second kappa shape index (κ2) is 6.92. The Morgan fingerprint density at radius 2 is 2.16 bits per heavy atom. The average molecular weight is 294 g/mol. The van der Waals surface area contributed by atoms with Gasteiger partial charge >= 0.3 is 0 Å². The Morgan fingerprint density at radius 3 is 2.89 bits per heavy atom. The van der Waals surface area contributed by atoms with Gasteiger partial charge in [-0.05, 0) is 30.4 Å². The lowest BCUT2D eigenvalue weighted by Crippen LogP contribution is -2.31. The first-order valence-electron chi connectivity index (χ1n) is 5.59. The SMILES string of the molecule is S=C(NCc1ccco1)NN=Cc1ccccc1Cl. The van der Waals surface area contributed by atoms with Crippen LogP contribution in [-0.2, 0) is 6.54 Å². The summed E-state index contributed by atoms with van der Waals surface area (Å²) in [6.07, 6.45) is 3.23. The maximum atomic E-state index is 5.99. The molecular weight excluding hydrogens is 282 g/mol. The molecule has 0 bridgehead atoms. The first-order chi connectivity index (χ1) is 9.25. The van der Waals surface area contributed by atoms with E-state index in [0.29, 0.717) is 16.7 Å². The molecule has 1 aromatic heterocycles. The molecule has 2 N–H and O–H groups in total. The van der Waals surface area contributed by atoms with Gasteiger partial charge in [0.25, 0.3) is 0 Å². The van der Waals surface area contributed by atoms with E-state index in [9.17, 15) is 0 Å². The molecule has 0 radical (unpaired) electrons. The molecule has 0 saturated heterocycles. The van der Waals surface area contributed by atoms with Gasteiger partial charge in [-0.25, -0.2) is 0 Å². The number of hydrogen-bond donors (Lipinski definition) is 2. The monoisotopic (exact) mass is 293 g/mol. The molecule has 0 saturated carbocycles. The zero-order valence-corrected chi connectivity index (χ0v) is 11.5. The quantitative estimate of drug-likeness (QED) is 0.517. The topological polar surface area (TPSA) is 49.6 Å². The fourth-order valence-electron chi connectivity index (χ4n) is 1.36. The van der Waals surface area contributed by atoms with Crippen molar-refractivity contribution in [3.63, 3.8) is 0 Å². The minimum absolute atomic E-state index is 0.416. The van der Waals surface area contributed by atoms with Crippen molar-refractivity contribution in [3.05, 3.63) is 59.0 Å². The van der Waals surface area contributed by atoms with Gasteiger partial charge in [-0.1, -0.05) is 29.8 Å². The van der Waals surface area contributed by atoms with Crippen LogP contribution in [0.15, 0.2) is 52.2 Å². The second-order valence-electron chi connectivity index (χ2n) is 3.65. The van der Waals surface area contributed by atoms with Crippen molar-refractivity contribution >= 4 is 35.1 Å². The van der Waals surface area contributed by atoms with Gasteiger partial charge in [0.15, 0.2) is 5.11 Å². The van der Waals surface area contributed by atoms with Gasteiger partial charge in [0.2, 0.25) is 0 Å². The Hall–Kier alpha value is -1.85. The number of hydrazone groups is 1. The summed E-state index contributed by atoms with van der Waals surface area (Å²) in [7, 11) is 0. The summed E-state index contributed by atoms with van der Waals surface area (Å²) in [6.45, 7) is 0.514. The van der Waals surface area contributed by atoms with E-state index in [1.54, 1.807) is 18.5 Å². The van der Waals surface area contributed by atoms with Gasteiger partial charge in [-0.15, -0.1) is 0 Å².